The number of primary amides is 1. The number of amides is 3. The van der Waals surface area contributed by atoms with Crippen molar-refractivity contribution in [2.45, 2.75) is 44.9 Å². The number of carbonyl (C=O) groups excluding carboxylic acids is 3. The monoisotopic (exact) mass is 378 g/mol. The zero-order chi connectivity index (χ0) is 19.3. The standard InChI is InChI=1S/C17H22N4O4S/c1-4-7-25-12-5-6-21(17(24)13-9-26-11(3)20-13)14(8-12)16(23)19-10(2)15(18)22/h1,9-10,12,14H,5-8H2,2-3H3,(H2,18,22)(H,19,23). The van der Waals surface area contributed by atoms with Crippen molar-refractivity contribution in [2.24, 2.45) is 5.73 Å². The van der Waals surface area contributed by atoms with Crippen LogP contribution < -0.4 is 11.1 Å². The van der Waals surface area contributed by atoms with Gasteiger partial charge in [0.15, 0.2) is 0 Å². The van der Waals surface area contributed by atoms with Crippen molar-refractivity contribution in [3.63, 3.8) is 0 Å². The molecule has 3 N–H and O–H groups in total. The van der Waals surface area contributed by atoms with E-state index in [4.69, 9.17) is 16.9 Å². The predicted molar refractivity (Wildman–Crippen MR) is 96.3 cm³/mol. The molecule has 8 nitrogen and oxygen atoms in total. The Morgan fingerprint density at radius 3 is 2.88 bits per heavy atom. The van der Waals surface area contributed by atoms with Crippen molar-refractivity contribution >= 4 is 29.1 Å². The van der Waals surface area contributed by atoms with Gasteiger partial charge in [-0.25, -0.2) is 4.98 Å². The lowest BCUT2D eigenvalue weighted by atomic mass is 9.97. The van der Waals surface area contributed by atoms with Crippen LogP contribution in [0.5, 0.6) is 0 Å². The number of aryl methyl sites for hydroxylation is 1. The summed E-state index contributed by atoms with van der Waals surface area (Å²) >= 11 is 1.37. The highest BCUT2D eigenvalue weighted by Gasteiger charge is 2.38. The SMILES string of the molecule is C#CCOC1CCN(C(=O)c2csc(C)n2)C(C(=O)NC(C)C(N)=O)C1. The number of nitrogens with two attached hydrogens (primary N) is 1. The van der Waals surface area contributed by atoms with Gasteiger partial charge in [0.25, 0.3) is 5.91 Å². The quantitative estimate of drug-likeness (QED) is 0.680. The van der Waals surface area contributed by atoms with Crippen LogP contribution in [0.2, 0.25) is 0 Å². The first-order valence-corrected chi connectivity index (χ1v) is 9.09. The van der Waals surface area contributed by atoms with Crippen LogP contribution in [0.1, 0.15) is 35.3 Å². The zero-order valence-electron chi connectivity index (χ0n) is 14.7. The van der Waals surface area contributed by atoms with Gasteiger partial charge in [0.2, 0.25) is 11.8 Å². The Balaban J connectivity index is 2.18. The van der Waals surface area contributed by atoms with Gasteiger partial charge in [-0.1, -0.05) is 5.92 Å². The van der Waals surface area contributed by atoms with Gasteiger partial charge >= 0.3 is 0 Å². The third kappa shape index (κ3) is 4.80. The molecule has 2 heterocycles. The van der Waals surface area contributed by atoms with Crippen LogP contribution in [0.15, 0.2) is 5.38 Å². The van der Waals surface area contributed by atoms with Crippen LogP contribution in [0, 0.1) is 19.3 Å². The number of nitrogens with one attached hydrogen (secondary N) is 1. The lowest BCUT2D eigenvalue weighted by molar-refractivity contribution is -0.132. The minimum absolute atomic E-state index is 0.135. The average Bonchev–Trinajstić information content (AvgIpc) is 3.05. The molecule has 0 aliphatic carbocycles. The van der Waals surface area contributed by atoms with Crippen molar-refractivity contribution in [1.82, 2.24) is 15.2 Å². The second-order valence-electron chi connectivity index (χ2n) is 6.06. The molecule has 9 heteroatoms. The number of aromatic nitrogens is 1. The van der Waals surface area contributed by atoms with E-state index in [1.54, 1.807) is 12.3 Å². The van der Waals surface area contributed by atoms with Crippen LogP contribution in [-0.4, -0.2) is 58.9 Å². The summed E-state index contributed by atoms with van der Waals surface area (Å²) in [5.74, 6) is 0.969. The van der Waals surface area contributed by atoms with E-state index < -0.39 is 23.9 Å². The van der Waals surface area contributed by atoms with E-state index >= 15 is 0 Å². The fourth-order valence-electron chi connectivity index (χ4n) is 2.73. The molecule has 3 amide bonds. The molecule has 0 bridgehead atoms. The molecule has 26 heavy (non-hydrogen) atoms. The number of thiazole rings is 1. The zero-order valence-corrected chi connectivity index (χ0v) is 15.5. The van der Waals surface area contributed by atoms with Crippen molar-refractivity contribution in [1.29, 1.82) is 0 Å². The molecule has 1 fully saturated rings. The second-order valence-corrected chi connectivity index (χ2v) is 7.12. The Morgan fingerprint density at radius 1 is 1.58 bits per heavy atom. The maximum Gasteiger partial charge on any atom is 0.274 e. The molecule has 3 unspecified atom stereocenters. The van der Waals surface area contributed by atoms with Crippen molar-refractivity contribution in [3.8, 4) is 12.3 Å². The van der Waals surface area contributed by atoms with Crippen LogP contribution in [0.3, 0.4) is 0 Å². The van der Waals surface area contributed by atoms with Gasteiger partial charge in [0, 0.05) is 18.3 Å². The molecule has 1 aliphatic rings. The molecular weight excluding hydrogens is 356 g/mol. The van der Waals surface area contributed by atoms with Gasteiger partial charge in [0.05, 0.1) is 11.1 Å². The number of piperidine rings is 1. The van der Waals surface area contributed by atoms with Gasteiger partial charge in [-0.2, -0.15) is 0 Å². The molecule has 1 saturated heterocycles. The summed E-state index contributed by atoms with van der Waals surface area (Å²) in [6.45, 7) is 3.76. The molecule has 1 aromatic heterocycles. The van der Waals surface area contributed by atoms with Crippen LogP contribution >= 0.6 is 11.3 Å². The van der Waals surface area contributed by atoms with E-state index in [9.17, 15) is 14.4 Å². The van der Waals surface area contributed by atoms with Crippen molar-refractivity contribution in [2.75, 3.05) is 13.2 Å². The third-order valence-electron chi connectivity index (χ3n) is 4.14. The molecule has 2 rings (SSSR count). The molecule has 1 aromatic rings. The fraction of sp³-hybridized carbons (Fsp3) is 0.529. The highest BCUT2D eigenvalue weighted by molar-refractivity contribution is 7.09. The molecular formula is C17H22N4O4S. The van der Waals surface area contributed by atoms with Crippen LogP contribution in [-0.2, 0) is 14.3 Å². The van der Waals surface area contributed by atoms with Gasteiger partial charge < -0.3 is 20.7 Å². The maximum atomic E-state index is 12.8. The van der Waals surface area contributed by atoms with E-state index in [0.29, 0.717) is 18.7 Å². The summed E-state index contributed by atoms with van der Waals surface area (Å²) in [5.41, 5.74) is 5.51. The van der Waals surface area contributed by atoms with E-state index in [1.165, 1.54) is 23.2 Å². The summed E-state index contributed by atoms with van der Waals surface area (Å²) in [5, 5.41) is 4.98. The van der Waals surface area contributed by atoms with Gasteiger partial charge in [-0.3, -0.25) is 14.4 Å². The number of hydrogen-bond acceptors (Lipinski definition) is 6. The summed E-state index contributed by atoms with van der Waals surface area (Å²) in [6, 6.07) is -1.63. The lowest BCUT2D eigenvalue weighted by Gasteiger charge is -2.38. The van der Waals surface area contributed by atoms with E-state index in [0.717, 1.165) is 5.01 Å². The Kier molecular flexibility index (Phi) is 6.71. The molecule has 0 aromatic carbocycles. The van der Waals surface area contributed by atoms with Gasteiger partial charge in [-0.15, -0.1) is 17.8 Å². The minimum atomic E-state index is -0.840. The molecule has 0 radical (unpaired) electrons. The molecule has 1 aliphatic heterocycles. The van der Waals surface area contributed by atoms with Gasteiger partial charge in [-0.05, 0) is 20.3 Å². The van der Waals surface area contributed by atoms with Crippen molar-refractivity contribution in [3.05, 3.63) is 16.1 Å². The first-order valence-electron chi connectivity index (χ1n) is 8.21. The molecule has 0 spiro atoms. The lowest BCUT2D eigenvalue weighted by Crippen LogP contribution is -2.57. The Bertz CT molecular complexity index is 727. The summed E-state index contributed by atoms with van der Waals surface area (Å²) < 4.78 is 5.54. The Morgan fingerprint density at radius 2 is 2.31 bits per heavy atom. The smallest absolute Gasteiger partial charge is 0.274 e. The summed E-state index contributed by atoms with van der Waals surface area (Å²) in [4.78, 5) is 42.4. The highest BCUT2D eigenvalue weighted by Crippen LogP contribution is 2.23. The number of hydrogen-bond donors (Lipinski definition) is 2. The first kappa shape index (κ1) is 19.9. The maximum absolute atomic E-state index is 12.8. The minimum Gasteiger partial charge on any atom is -0.368 e. The normalized spacial score (nSPS) is 20.9. The number of carbonyl (C=O) groups is 3. The molecule has 3 atom stereocenters. The van der Waals surface area contributed by atoms with Crippen molar-refractivity contribution < 1.29 is 19.1 Å². The summed E-state index contributed by atoms with van der Waals surface area (Å²) in [6.07, 6.45) is 5.82. The number of likely N-dealkylation sites (tertiary alicyclic amines) is 1. The van der Waals surface area contributed by atoms with E-state index in [1.807, 2.05) is 0 Å². The first-order chi connectivity index (χ1) is 12.3. The van der Waals surface area contributed by atoms with E-state index in [2.05, 4.69) is 16.2 Å². The molecule has 0 saturated carbocycles. The van der Waals surface area contributed by atoms with Crippen LogP contribution in [0.4, 0.5) is 0 Å². The Hall–Kier alpha value is -2.44. The molecule has 140 valence electrons. The topological polar surface area (TPSA) is 115 Å². The third-order valence-corrected chi connectivity index (χ3v) is 4.92. The number of ether oxygens (including phenoxy) is 1. The predicted octanol–water partition coefficient (Wildman–Crippen LogP) is 0.0645. The van der Waals surface area contributed by atoms with E-state index in [-0.39, 0.29) is 25.0 Å². The number of terminal acetylenes is 1. The number of nitrogens with zero attached hydrogens (tertiary/aromatic N) is 2. The fourth-order valence-corrected chi connectivity index (χ4v) is 3.32. The average molecular weight is 378 g/mol. The second kappa shape index (κ2) is 8.78. The summed E-state index contributed by atoms with van der Waals surface area (Å²) in [7, 11) is 0. The van der Waals surface area contributed by atoms with Crippen LogP contribution in [0.25, 0.3) is 0 Å². The number of rotatable bonds is 6. The highest BCUT2D eigenvalue weighted by atomic mass is 32.1. The van der Waals surface area contributed by atoms with Gasteiger partial charge in [0.1, 0.15) is 24.4 Å². The largest absolute Gasteiger partial charge is 0.368 e. The Labute approximate surface area is 156 Å².